The van der Waals surface area contributed by atoms with Gasteiger partial charge in [0.15, 0.2) is 0 Å². The summed E-state index contributed by atoms with van der Waals surface area (Å²) in [7, 11) is 1.00. The van der Waals surface area contributed by atoms with Crippen LogP contribution in [0.4, 0.5) is 0 Å². The Morgan fingerprint density at radius 2 is 0.813 bits per heavy atom. The van der Waals surface area contributed by atoms with E-state index in [0.717, 1.165) is 80.2 Å². The molecule has 2 saturated heterocycles. The number of ether oxygens (including phenoxy) is 4. The fourth-order valence-corrected chi connectivity index (χ4v) is 9.44. The number of benzene rings is 6. The summed E-state index contributed by atoms with van der Waals surface area (Å²) in [6, 6.07) is 33.6. The van der Waals surface area contributed by atoms with Gasteiger partial charge in [-0.3, -0.25) is 14.4 Å². The van der Waals surface area contributed by atoms with Gasteiger partial charge in [0.05, 0.1) is 31.1 Å². The zero-order chi connectivity index (χ0) is 66.4. The van der Waals surface area contributed by atoms with Gasteiger partial charge in [0.25, 0.3) is 0 Å². The molecule has 2 fully saturated rings. The fourth-order valence-electron chi connectivity index (χ4n) is 9.17. The number of halogens is 2. The summed E-state index contributed by atoms with van der Waals surface area (Å²) in [4.78, 5) is 39.2. The number of carboxylic acid groups (broad SMARTS) is 1. The van der Waals surface area contributed by atoms with Gasteiger partial charge < -0.3 is 49.6 Å². The van der Waals surface area contributed by atoms with E-state index >= 15 is 0 Å². The summed E-state index contributed by atoms with van der Waals surface area (Å²) in [5, 5.41) is 84.9. The van der Waals surface area contributed by atoms with Crippen LogP contribution in [-0.4, -0.2) is 157 Å². The highest BCUT2D eigenvalue weighted by molar-refractivity contribution is 6.18. The molecule has 3 atom stereocenters. The fraction of sp³-hybridized carbons (Fsp3) is 0.418. The van der Waals surface area contributed by atoms with Crippen LogP contribution < -0.4 is 0 Å². The predicted molar refractivity (Wildman–Crippen MR) is 347 cm³/mol. The largest absolute Gasteiger partial charge is 0.505 e. The van der Waals surface area contributed by atoms with Crippen molar-refractivity contribution in [1.29, 1.82) is 0 Å². The maximum atomic E-state index is 12.0. The van der Waals surface area contributed by atoms with Crippen molar-refractivity contribution in [3.05, 3.63) is 143 Å². The Kier molecular flexibility index (Phi) is 24.1. The Balaban J connectivity index is 0.000000184. The maximum Gasteiger partial charge on any atom is 0.306 e. The lowest BCUT2D eigenvalue weighted by atomic mass is 9.84. The second kappa shape index (κ2) is 31.2. The van der Waals surface area contributed by atoms with Gasteiger partial charge in [-0.1, -0.05) is 117 Å². The molecule has 0 radical (unpaired) electrons. The number of phenolic OH excluding ortho intramolecular Hbond substituents is 3. The van der Waals surface area contributed by atoms with Gasteiger partial charge in [-0.2, -0.15) is 0 Å². The Hall–Kier alpha value is -8.25. The molecule has 24 heteroatoms. The standard InChI is InChI=1S/C22H26ClN3O4.C22H25N3O4.C19H21N3O3.C3H5ClO.CH4O/c1-22(2,3)16-10-14(8-9-20(28)30-13-15(27)12-23)11-19(21(16)29)26-24-17-6-4-5-7-18(17)25-26;1-22(2,3)16-10-14(8-9-20(26)29-13-15-12-28-15)11-19(21(16)27)25-23-17-6-4-5-7-18(17)24-25;1-19(2,3)13-10-12(8-9-17(23)24)11-16(18(13)25)22-20-14-6-4-5-7-15(14)21-22;4-1-3-2-5-3;1-2/h4-7,10-11,15,27,29H,8-9,12-13H2,1-3H3;4-7,10-11,15,27H,8-9,12-13H2,1-3H3;4-7,10-11,25H,8-9H2,1-3H3,(H,23,24);3H,1-2H2;2H,1H3. The van der Waals surface area contributed by atoms with Crippen molar-refractivity contribution in [2.75, 3.05) is 45.3 Å². The molecule has 0 spiro atoms. The molecule has 11 rings (SSSR count). The quantitative estimate of drug-likeness (QED) is 0.0264. The van der Waals surface area contributed by atoms with Crippen molar-refractivity contribution < 1.29 is 64.0 Å². The van der Waals surface area contributed by atoms with Crippen LogP contribution in [0, 0.1) is 0 Å². The number of alkyl halides is 2. The number of carbonyl (C=O) groups is 3. The van der Waals surface area contributed by atoms with Crippen LogP contribution in [0.15, 0.2) is 109 Å². The Morgan fingerprint density at radius 1 is 0.516 bits per heavy atom. The summed E-state index contributed by atoms with van der Waals surface area (Å²) in [6.07, 6.45) is 1.31. The smallest absolute Gasteiger partial charge is 0.306 e. The van der Waals surface area contributed by atoms with Gasteiger partial charge >= 0.3 is 17.9 Å². The summed E-state index contributed by atoms with van der Waals surface area (Å²) < 4.78 is 20.0. The summed E-state index contributed by atoms with van der Waals surface area (Å²) in [5.41, 5.74) is 9.79. The van der Waals surface area contributed by atoms with Gasteiger partial charge in [0, 0.05) is 43.1 Å². The number of epoxide rings is 2. The molecule has 3 unspecified atom stereocenters. The number of carboxylic acids is 1. The molecule has 6 aromatic carbocycles. The minimum Gasteiger partial charge on any atom is -0.505 e. The molecule has 2 aliphatic rings. The molecule has 0 aliphatic carbocycles. The minimum atomic E-state index is -0.872. The van der Waals surface area contributed by atoms with E-state index in [1.54, 1.807) is 12.1 Å². The van der Waals surface area contributed by atoms with Crippen LogP contribution in [0.3, 0.4) is 0 Å². The number of aliphatic carboxylic acids is 1. The second-order valence-electron chi connectivity index (χ2n) is 24.9. The Bertz CT molecular complexity index is 3830. The number of aryl methyl sites for hydroxylation is 3. The zero-order valence-corrected chi connectivity index (χ0v) is 54.4. The average Bonchev–Trinajstić information content (AvgIpc) is 1.82. The van der Waals surface area contributed by atoms with Crippen LogP contribution in [0.5, 0.6) is 17.2 Å². The average molecular weight is 1290 g/mol. The highest BCUT2D eigenvalue weighted by Crippen LogP contribution is 2.40. The van der Waals surface area contributed by atoms with Gasteiger partial charge in [-0.05, 0) is 107 Å². The summed E-state index contributed by atoms with van der Waals surface area (Å²) in [6.45, 7) is 19.8. The Morgan fingerprint density at radius 3 is 1.07 bits per heavy atom. The van der Waals surface area contributed by atoms with Crippen molar-refractivity contribution in [2.24, 2.45) is 0 Å². The third-order valence-electron chi connectivity index (χ3n) is 14.3. The van der Waals surface area contributed by atoms with Gasteiger partial charge in [0.1, 0.15) is 92.8 Å². The van der Waals surface area contributed by atoms with Crippen LogP contribution >= 0.6 is 23.2 Å². The van der Waals surface area contributed by atoms with Crippen molar-refractivity contribution >= 4 is 74.2 Å². The van der Waals surface area contributed by atoms with E-state index in [4.69, 9.17) is 52.4 Å². The van der Waals surface area contributed by atoms with E-state index in [9.17, 15) is 34.8 Å². The number of fused-ring (bicyclic) bond motifs is 3. The summed E-state index contributed by atoms with van der Waals surface area (Å²) >= 11 is 10.8. The minimum absolute atomic E-state index is 0.00870. The van der Waals surface area contributed by atoms with Crippen molar-refractivity contribution in [3.8, 4) is 34.3 Å². The third kappa shape index (κ3) is 19.9. The first-order valence-electron chi connectivity index (χ1n) is 29.8. The molecular formula is C67H81Cl2N9O13. The molecule has 9 aromatic rings. The lowest BCUT2D eigenvalue weighted by Crippen LogP contribution is -2.20. The van der Waals surface area contributed by atoms with Crippen LogP contribution in [0.1, 0.15) is 115 Å². The van der Waals surface area contributed by atoms with Gasteiger partial charge in [0.2, 0.25) is 0 Å². The first kappa shape index (κ1) is 70.2. The molecule has 0 bridgehead atoms. The lowest BCUT2D eigenvalue weighted by Gasteiger charge is -2.23. The SMILES string of the molecule is CC(C)(C)c1cc(CCC(=O)O)cc(-n2nc3ccccc3n2)c1O.CC(C)(C)c1cc(CCC(=O)OCC(O)CCl)cc(-n2nc3ccccc3n2)c1O.CC(C)(C)c1cc(CCC(=O)OCC2CO2)cc(-n2nc3ccccc3n2)c1O.CO.ClCC1CO1. The molecule has 5 heterocycles. The number of hydrogen-bond acceptors (Lipinski definition) is 18. The van der Waals surface area contributed by atoms with Crippen molar-refractivity contribution in [3.63, 3.8) is 0 Å². The highest BCUT2D eigenvalue weighted by Gasteiger charge is 2.28. The number of aromatic hydroxyl groups is 3. The molecule has 6 N–H and O–H groups in total. The number of hydrogen-bond donors (Lipinski definition) is 6. The molecule has 3 aromatic heterocycles. The van der Waals surface area contributed by atoms with E-state index in [0.29, 0.717) is 61.5 Å². The first-order valence-corrected chi connectivity index (χ1v) is 30.8. The van der Waals surface area contributed by atoms with Gasteiger partial charge in [-0.25, -0.2) is 0 Å². The predicted octanol–water partition coefficient (Wildman–Crippen LogP) is 10.5. The number of aliphatic hydroxyl groups excluding tert-OH is 2. The third-order valence-corrected chi connectivity index (χ3v) is 15.0. The number of rotatable bonds is 18. The van der Waals surface area contributed by atoms with Crippen molar-refractivity contribution in [2.45, 2.75) is 135 Å². The molecular weight excluding hydrogens is 1210 g/mol. The summed E-state index contributed by atoms with van der Waals surface area (Å²) in [5.74, 6) is -0.477. The van der Waals surface area contributed by atoms with E-state index in [1.807, 2.05) is 159 Å². The molecule has 22 nitrogen and oxygen atoms in total. The number of aliphatic hydroxyl groups is 2. The number of nitrogens with zero attached hydrogens (tertiary/aromatic N) is 9. The topological polar surface area (TPSA) is 308 Å². The van der Waals surface area contributed by atoms with E-state index in [-0.39, 0.29) is 77.3 Å². The Labute approximate surface area is 538 Å². The monoisotopic (exact) mass is 1290 g/mol. The molecule has 0 saturated carbocycles. The molecule has 486 valence electrons. The van der Waals surface area contributed by atoms with E-state index in [1.165, 1.54) is 14.4 Å². The highest BCUT2D eigenvalue weighted by atomic mass is 35.5. The number of esters is 2. The second-order valence-corrected chi connectivity index (χ2v) is 25.5. The van der Waals surface area contributed by atoms with E-state index < -0.39 is 18.0 Å². The van der Waals surface area contributed by atoms with Crippen LogP contribution in [0.25, 0.3) is 50.2 Å². The van der Waals surface area contributed by atoms with E-state index in [2.05, 4.69) is 30.6 Å². The molecule has 2 aliphatic heterocycles. The number of aromatic nitrogens is 9. The van der Waals surface area contributed by atoms with Crippen LogP contribution in [-0.2, 0) is 68.8 Å². The number of phenols is 3. The maximum absolute atomic E-state index is 12.0. The molecule has 0 amide bonds. The van der Waals surface area contributed by atoms with Gasteiger partial charge in [-0.15, -0.1) is 68.2 Å². The van der Waals surface area contributed by atoms with Crippen LogP contribution in [0.2, 0.25) is 0 Å². The first-order chi connectivity index (χ1) is 43.2. The molecule has 91 heavy (non-hydrogen) atoms. The van der Waals surface area contributed by atoms with Crippen molar-refractivity contribution in [1.82, 2.24) is 45.0 Å². The lowest BCUT2D eigenvalue weighted by molar-refractivity contribution is -0.146. The normalized spacial score (nSPS) is 14.6. The zero-order valence-electron chi connectivity index (χ0n) is 52.9. The number of carbonyl (C=O) groups excluding carboxylic acids is 2.